The molecule has 1 saturated carbocycles. The second-order valence-electron chi connectivity index (χ2n) is 7.82. The molecule has 158 valence electrons. The lowest BCUT2D eigenvalue weighted by Crippen LogP contribution is -2.40. The summed E-state index contributed by atoms with van der Waals surface area (Å²) in [6.07, 6.45) is 4.10. The number of rotatable bonds is 7. The van der Waals surface area contributed by atoms with Crippen LogP contribution in [0.3, 0.4) is 0 Å². The molecule has 3 nitrogen and oxygen atoms in total. The third-order valence-electron chi connectivity index (χ3n) is 5.77. The molecule has 0 radical (unpaired) electrons. The normalized spacial score (nSPS) is 18.4. The van der Waals surface area contributed by atoms with Gasteiger partial charge in [0.25, 0.3) is 0 Å². The highest BCUT2D eigenvalue weighted by Gasteiger charge is 2.35. The zero-order chi connectivity index (χ0) is 21.3. The molecule has 0 saturated heterocycles. The van der Waals surface area contributed by atoms with E-state index in [2.05, 4.69) is 10.3 Å². The van der Waals surface area contributed by atoms with Crippen molar-refractivity contribution in [1.29, 1.82) is 0 Å². The quantitative estimate of drug-likeness (QED) is 0.498. The maximum atomic E-state index is 14.4. The second-order valence-corrected chi connectivity index (χ2v) is 8.80. The number of aromatic amines is 1. The minimum absolute atomic E-state index is 0.00944. The van der Waals surface area contributed by atoms with E-state index in [0.29, 0.717) is 29.6 Å². The first-order chi connectivity index (χ1) is 14.5. The van der Waals surface area contributed by atoms with Gasteiger partial charge in [-0.1, -0.05) is 0 Å². The number of carbonyl (C=O) groups is 1. The van der Waals surface area contributed by atoms with Crippen LogP contribution in [0.5, 0.6) is 0 Å². The van der Waals surface area contributed by atoms with E-state index in [4.69, 9.17) is 0 Å². The number of thioether (sulfide) groups is 1. The number of halogens is 3. The van der Waals surface area contributed by atoms with Crippen molar-refractivity contribution in [2.24, 2.45) is 11.8 Å². The Morgan fingerprint density at radius 1 is 1.13 bits per heavy atom. The van der Waals surface area contributed by atoms with Crippen molar-refractivity contribution in [3.8, 4) is 11.3 Å². The highest BCUT2D eigenvalue weighted by atomic mass is 32.2. The van der Waals surface area contributed by atoms with Gasteiger partial charge >= 0.3 is 0 Å². The molecule has 3 aromatic rings. The summed E-state index contributed by atoms with van der Waals surface area (Å²) >= 11 is 1.69. The van der Waals surface area contributed by atoms with E-state index in [9.17, 15) is 18.0 Å². The van der Waals surface area contributed by atoms with Crippen LogP contribution in [0.25, 0.3) is 22.2 Å². The van der Waals surface area contributed by atoms with Gasteiger partial charge in [-0.3, -0.25) is 4.79 Å². The van der Waals surface area contributed by atoms with Gasteiger partial charge in [0.2, 0.25) is 5.91 Å². The van der Waals surface area contributed by atoms with Crippen molar-refractivity contribution >= 4 is 28.6 Å². The van der Waals surface area contributed by atoms with Crippen molar-refractivity contribution in [3.63, 3.8) is 0 Å². The van der Waals surface area contributed by atoms with Crippen molar-refractivity contribution in [2.45, 2.75) is 19.3 Å². The average molecular weight is 433 g/mol. The van der Waals surface area contributed by atoms with Crippen LogP contribution in [0.15, 0.2) is 36.4 Å². The zero-order valence-electron chi connectivity index (χ0n) is 16.6. The average Bonchev–Trinajstić information content (AvgIpc) is 3.03. The van der Waals surface area contributed by atoms with Crippen LogP contribution in [-0.2, 0) is 11.2 Å². The summed E-state index contributed by atoms with van der Waals surface area (Å²) in [5, 5.41) is 3.45. The topological polar surface area (TPSA) is 44.9 Å². The van der Waals surface area contributed by atoms with E-state index in [0.717, 1.165) is 30.2 Å². The summed E-state index contributed by atoms with van der Waals surface area (Å²) in [4.78, 5) is 15.3. The fraction of sp³-hybridized carbons (Fsp3) is 0.348. The van der Waals surface area contributed by atoms with Gasteiger partial charge in [0.05, 0.1) is 5.52 Å². The summed E-state index contributed by atoms with van der Waals surface area (Å²) in [7, 11) is 0. The first kappa shape index (κ1) is 20.8. The van der Waals surface area contributed by atoms with E-state index in [1.807, 2.05) is 6.26 Å². The largest absolute Gasteiger partial charge is 0.355 e. The summed E-state index contributed by atoms with van der Waals surface area (Å²) < 4.78 is 41.7. The Hall–Kier alpha value is -2.41. The number of benzene rings is 2. The molecule has 0 spiro atoms. The molecule has 1 heterocycles. The lowest BCUT2D eigenvalue weighted by atomic mass is 9.71. The van der Waals surface area contributed by atoms with Crippen LogP contribution in [0.4, 0.5) is 13.2 Å². The van der Waals surface area contributed by atoms with Crippen LogP contribution >= 0.6 is 11.8 Å². The molecule has 1 fully saturated rings. The van der Waals surface area contributed by atoms with E-state index >= 15 is 0 Å². The Bertz CT molecular complexity index is 1060. The number of nitrogens with one attached hydrogen (secondary N) is 2. The molecule has 30 heavy (non-hydrogen) atoms. The monoisotopic (exact) mass is 432 g/mol. The molecule has 0 bridgehead atoms. The number of carbonyl (C=O) groups excluding carboxylic acids is 1. The number of amides is 1. The molecule has 4 rings (SSSR count). The van der Waals surface area contributed by atoms with Crippen LogP contribution < -0.4 is 5.32 Å². The molecule has 7 heteroatoms. The fourth-order valence-electron chi connectivity index (χ4n) is 4.17. The minimum atomic E-state index is -0.653. The zero-order valence-corrected chi connectivity index (χ0v) is 17.4. The lowest BCUT2D eigenvalue weighted by Gasteiger charge is -2.34. The van der Waals surface area contributed by atoms with Crippen LogP contribution in [0, 0.1) is 29.3 Å². The fourth-order valence-corrected chi connectivity index (χ4v) is 4.48. The Labute approximate surface area is 177 Å². The molecule has 1 aromatic heterocycles. The number of H-pyrrole nitrogens is 1. The number of hydrogen-bond acceptors (Lipinski definition) is 2. The van der Waals surface area contributed by atoms with Crippen molar-refractivity contribution in [3.05, 3.63) is 59.4 Å². The smallest absolute Gasteiger partial charge is 0.223 e. The summed E-state index contributed by atoms with van der Waals surface area (Å²) in [5.41, 5.74) is 2.44. The van der Waals surface area contributed by atoms with E-state index in [1.165, 1.54) is 18.2 Å². The van der Waals surface area contributed by atoms with Gasteiger partial charge in [-0.15, -0.1) is 0 Å². The SMILES string of the molecule is CSCCNC(=O)C1CC(Cc2c(-c3ccc(F)cc3)[nH]c3c(F)cc(F)cc23)C1. The van der Waals surface area contributed by atoms with Gasteiger partial charge in [0.15, 0.2) is 0 Å². The maximum absolute atomic E-state index is 14.4. The molecule has 2 N–H and O–H groups in total. The van der Waals surface area contributed by atoms with E-state index < -0.39 is 11.6 Å². The molecule has 1 amide bonds. The molecular weight excluding hydrogens is 409 g/mol. The summed E-state index contributed by atoms with van der Waals surface area (Å²) in [5.74, 6) is -0.437. The van der Waals surface area contributed by atoms with E-state index in [-0.39, 0.29) is 29.1 Å². The van der Waals surface area contributed by atoms with Crippen molar-refractivity contribution in [1.82, 2.24) is 10.3 Å². The van der Waals surface area contributed by atoms with Gasteiger partial charge in [0.1, 0.15) is 17.5 Å². The molecule has 0 unspecified atom stereocenters. The second kappa shape index (κ2) is 8.76. The molecule has 0 aliphatic heterocycles. The van der Waals surface area contributed by atoms with Gasteiger partial charge in [-0.25, -0.2) is 13.2 Å². The first-order valence-corrected chi connectivity index (χ1v) is 11.4. The molecule has 0 atom stereocenters. The predicted molar refractivity (Wildman–Crippen MR) is 115 cm³/mol. The first-order valence-electron chi connectivity index (χ1n) is 9.98. The standard InChI is InChI=1S/C23H23F3N2OS/c1-30-7-6-27-23(29)15-8-13(9-15)10-18-19-11-17(25)12-20(26)22(19)28-21(18)14-2-4-16(24)5-3-14/h2-5,11-13,15,28H,6-10H2,1H3,(H,27,29). The van der Waals surface area contributed by atoms with Gasteiger partial charge < -0.3 is 10.3 Å². The Kier molecular flexibility index (Phi) is 6.09. The Morgan fingerprint density at radius 2 is 1.87 bits per heavy atom. The molecule has 1 aliphatic rings. The molecular formula is C23H23F3N2OS. The summed E-state index contributed by atoms with van der Waals surface area (Å²) in [6, 6.07) is 8.14. The third-order valence-corrected chi connectivity index (χ3v) is 6.38. The highest BCUT2D eigenvalue weighted by molar-refractivity contribution is 7.98. The van der Waals surface area contributed by atoms with Crippen molar-refractivity contribution < 1.29 is 18.0 Å². The van der Waals surface area contributed by atoms with Gasteiger partial charge in [-0.2, -0.15) is 11.8 Å². The predicted octanol–water partition coefficient (Wildman–Crippen LogP) is 5.30. The van der Waals surface area contributed by atoms with Crippen molar-refractivity contribution in [2.75, 3.05) is 18.6 Å². The number of aromatic nitrogens is 1. The van der Waals surface area contributed by atoms with Crippen LogP contribution in [-0.4, -0.2) is 29.4 Å². The van der Waals surface area contributed by atoms with Gasteiger partial charge in [0, 0.05) is 35.4 Å². The molecule has 1 aliphatic carbocycles. The summed E-state index contributed by atoms with van der Waals surface area (Å²) in [6.45, 7) is 0.664. The number of fused-ring (bicyclic) bond motifs is 1. The molecule has 2 aromatic carbocycles. The third kappa shape index (κ3) is 4.21. The minimum Gasteiger partial charge on any atom is -0.355 e. The van der Waals surface area contributed by atoms with Crippen LogP contribution in [0.2, 0.25) is 0 Å². The highest BCUT2D eigenvalue weighted by Crippen LogP contribution is 2.41. The van der Waals surface area contributed by atoms with Crippen LogP contribution in [0.1, 0.15) is 18.4 Å². The lowest BCUT2D eigenvalue weighted by molar-refractivity contribution is -0.128. The maximum Gasteiger partial charge on any atom is 0.223 e. The Morgan fingerprint density at radius 3 is 2.57 bits per heavy atom. The number of hydrogen-bond donors (Lipinski definition) is 2. The Balaban J connectivity index is 1.58. The van der Waals surface area contributed by atoms with Gasteiger partial charge in [-0.05, 0) is 72.9 Å². The van der Waals surface area contributed by atoms with E-state index in [1.54, 1.807) is 23.9 Å².